The van der Waals surface area contributed by atoms with Gasteiger partial charge >= 0.3 is 6.61 Å². The standard InChI is InChI=1S/C10H6F3NO2/c1-5(15)9-6(4-14)7(11)2-3-8(9)16-10(12)13/h2-3,10H,1H3. The molecule has 0 unspecified atom stereocenters. The van der Waals surface area contributed by atoms with Crippen LogP contribution in [0.3, 0.4) is 0 Å². The Kier molecular flexibility index (Phi) is 3.51. The van der Waals surface area contributed by atoms with E-state index in [1.54, 1.807) is 0 Å². The summed E-state index contributed by atoms with van der Waals surface area (Å²) < 4.78 is 41.1. The second kappa shape index (κ2) is 4.66. The monoisotopic (exact) mass is 229 g/mol. The number of carbonyl (C=O) groups is 1. The first-order chi connectivity index (χ1) is 7.47. The summed E-state index contributed by atoms with van der Waals surface area (Å²) in [5.41, 5.74) is -1.06. The highest BCUT2D eigenvalue weighted by Crippen LogP contribution is 2.26. The van der Waals surface area contributed by atoms with E-state index in [0.29, 0.717) is 0 Å². The number of hydrogen-bond donors (Lipinski definition) is 0. The molecule has 0 aliphatic rings. The van der Waals surface area contributed by atoms with Crippen molar-refractivity contribution >= 4 is 5.78 Å². The molecule has 6 heteroatoms. The van der Waals surface area contributed by atoms with E-state index in [1.165, 1.54) is 6.07 Å². The average Bonchev–Trinajstić information content (AvgIpc) is 2.18. The van der Waals surface area contributed by atoms with Crippen LogP contribution in [0.1, 0.15) is 22.8 Å². The zero-order valence-electron chi connectivity index (χ0n) is 8.13. The summed E-state index contributed by atoms with van der Waals surface area (Å²) >= 11 is 0. The fourth-order valence-electron chi connectivity index (χ4n) is 1.21. The predicted octanol–water partition coefficient (Wildman–Crippen LogP) is 2.50. The maximum absolute atomic E-state index is 13.1. The van der Waals surface area contributed by atoms with Gasteiger partial charge in [0.1, 0.15) is 23.2 Å². The van der Waals surface area contributed by atoms with Gasteiger partial charge in [0.05, 0.1) is 5.56 Å². The highest BCUT2D eigenvalue weighted by molar-refractivity contribution is 5.99. The van der Waals surface area contributed by atoms with E-state index in [2.05, 4.69) is 4.74 Å². The van der Waals surface area contributed by atoms with Gasteiger partial charge in [-0.15, -0.1) is 0 Å². The molecule has 0 heterocycles. The lowest BCUT2D eigenvalue weighted by atomic mass is 10.0. The number of alkyl halides is 2. The van der Waals surface area contributed by atoms with Crippen LogP contribution in [-0.2, 0) is 0 Å². The summed E-state index contributed by atoms with van der Waals surface area (Å²) in [4.78, 5) is 11.1. The molecule has 16 heavy (non-hydrogen) atoms. The van der Waals surface area contributed by atoms with Crippen LogP contribution in [0.5, 0.6) is 5.75 Å². The minimum atomic E-state index is -3.14. The van der Waals surface area contributed by atoms with E-state index < -0.39 is 35.1 Å². The second-order valence-corrected chi connectivity index (χ2v) is 2.84. The Labute approximate surface area is 89.1 Å². The largest absolute Gasteiger partial charge is 0.434 e. The van der Waals surface area contributed by atoms with Crippen molar-refractivity contribution in [3.8, 4) is 11.8 Å². The highest BCUT2D eigenvalue weighted by Gasteiger charge is 2.20. The molecule has 84 valence electrons. The molecule has 1 aromatic rings. The molecule has 3 nitrogen and oxygen atoms in total. The number of carbonyl (C=O) groups excluding carboxylic acids is 1. The third-order valence-electron chi connectivity index (χ3n) is 1.80. The fraction of sp³-hybridized carbons (Fsp3) is 0.200. The normalized spacial score (nSPS) is 10.0. The van der Waals surface area contributed by atoms with Crippen molar-refractivity contribution in [2.24, 2.45) is 0 Å². The van der Waals surface area contributed by atoms with Crippen molar-refractivity contribution < 1.29 is 22.7 Å². The van der Waals surface area contributed by atoms with Gasteiger partial charge in [0.2, 0.25) is 0 Å². The lowest BCUT2D eigenvalue weighted by Crippen LogP contribution is -2.09. The Balaban J connectivity index is 3.40. The van der Waals surface area contributed by atoms with Crippen LogP contribution < -0.4 is 4.74 Å². The number of halogens is 3. The Bertz CT molecular complexity index is 466. The minimum Gasteiger partial charge on any atom is -0.434 e. The van der Waals surface area contributed by atoms with E-state index in [0.717, 1.165) is 19.1 Å². The average molecular weight is 229 g/mol. The molecule has 0 bridgehead atoms. The van der Waals surface area contributed by atoms with Crippen molar-refractivity contribution in [2.75, 3.05) is 0 Å². The topological polar surface area (TPSA) is 50.1 Å². The number of ketones is 1. The zero-order valence-corrected chi connectivity index (χ0v) is 8.13. The number of rotatable bonds is 3. The van der Waals surface area contributed by atoms with Crippen molar-refractivity contribution in [3.05, 3.63) is 29.1 Å². The van der Waals surface area contributed by atoms with Crippen LogP contribution in [0.25, 0.3) is 0 Å². The van der Waals surface area contributed by atoms with Gasteiger partial charge in [0.25, 0.3) is 0 Å². The molecule has 0 N–H and O–H groups in total. The molecule has 0 fully saturated rings. The van der Waals surface area contributed by atoms with E-state index in [1.807, 2.05) is 0 Å². The predicted molar refractivity (Wildman–Crippen MR) is 47.8 cm³/mol. The van der Waals surface area contributed by atoms with Gasteiger partial charge in [-0.2, -0.15) is 14.0 Å². The van der Waals surface area contributed by atoms with Crippen LogP contribution in [0.2, 0.25) is 0 Å². The molecule has 0 aromatic heterocycles. The molecule has 1 rings (SSSR count). The molecule has 0 amide bonds. The molecular weight excluding hydrogens is 223 g/mol. The number of nitrogens with zero attached hydrogens (tertiary/aromatic N) is 1. The molecule has 0 atom stereocenters. The summed E-state index contributed by atoms with van der Waals surface area (Å²) in [5, 5.41) is 8.62. The quantitative estimate of drug-likeness (QED) is 0.748. The lowest BCUT2D eigenvalue weighted by Gasteiger charge is -2.10. The van der Waals surface area contributed by atoms with Gasteiger partial charge in [0.15, 0.2) is 5.78 Å². The van der Waals surface area contributed by atoms with Crippen LogP contribution >= 0.6 is 0 Å². The summed E-state index contributed by atoms with van der Waals surface area (Å²) in [6.07, 6.45) is 0. The fourth-order valence-corrected chi connectivity index (χ4v) is 1.21. The number of benzene rings is 1. The molecule has 0 spiro atoms. The van der Waals surface area contributed by atoms with Gasteiger partial charge in [-0.1, -0.05) is 0 Å². The zero-order chi connectivity index (χ0) is 12.3. The van der Waals surface area contributed by atoms with Gasteiger partial charge in [0, 0.05) is 0 Å². The molecule has 1 aromatic carbocycles. The second-order valence-electron chi connectivity index (χ2n) is 2.84. The van der Waals surface area contributed by atoms with Gasteiger partial charge < -0.3 is 4.74 Å². The lowest BCUT2D eigenvalue weighted by molar-refractivity contribution is -0.0501. The molecule has 0 saturated heterocycles. The molecular formula is C10H6F3NO2. The van der Waals surface area contributed by atoms with Crippen LogP contribution in [-0.4, -0.2) is 12.4 Å². The maximum atomic E-state index is 13.1. The van der Waals surface area contributed by atoms with E-state index in [4.69, 9.17) is 5.26 Å². The SMILES string of the molecule is CC(=O)c1c(OC(F)F)ccc(F)c1C#N. The Hall–Kier alpha value is -2.03. The van der Waals surface area contributed by atoms with Crippen LogP contribution in [0.4, 0.5) is 13.2 Å². The Morgan fingerprint density at radius 1 is 1.50 bits per heavy atom. The number of nitriles is 1. The minimum absolute atomic E-state index is 0.470. The molecule has 0 aliphatic carbocycles. The van der Waals surface area contributed by atoms with Crippen molar-refractivity contribution in [2.45, 2.75) is 13.5 Å². The summed E-state index contributed by atoms with van der Waals surface area (Å²) in [6.45, 7) is -2.11. The first-order valence-electron chi connectivity index (χ1n) is 4.15. The third-order valence-corrected chi connectivity index (χ3v) is 1.80. The number of Topliss-reactive ketones (excluding diaryl/α,β-unsaturated/α-hetero) is 1. The van der Waals surface area contributed by atoms with Gasteiger partial charge in [-0.3, -0.25) is 4.79 Å². The maximum Gasteiger partial charge on any atom is 0.387 e. The first-order valence-corrected chi connectivity index (χ1v) is 4.15. The third kappa shape index (κ3) is 2.31. The van der Waals surface area contributed by atoms with E-state index >= 15 is 0 Å². The molecule has 0 radical (unpaired) electrons. The molecule has 0 aliphatic heterocycles. The first kappa shape index (κ1) is 12.0. The van der Waals surface area contributed by atoms with Gasteiger partial charge in [-0.25, -0.2) is 4.39 Å². The summed E-state index contributed by atoms with van der Waals surface area (Å²) in [6, 6.07) is 3.12. The molecule has 0 saturated carbocycles. The van der Waals surface area contributed by atoms with Crippen molar-refractivity contribution in [3.63, 3.8) is 0 Å². The highest BCUT2D eigenvalue weighted by atomic mass is 19.3. The summed E-state index contributed by atoms with van der Waals surface area (Å²) in [5.74, 6) is -2.17. The van der Waals surface area contributed by atoms with Crippen LogP contribution in [0, 0.1) is 17.1 Å². The van der Waals surface area contributed by atoms with Crippen LogP contribution in [0.15, 0.2) is 12.1 Å². The van der Waals surface area contributed by atoms with E-state index in [9.17, 15) is 18.0 Å². The smallest absolute Gasteiger partial charge is 0.387 e. The van der Waals surface area contributed by atoms with Crippen molar-refractivity contribution in [1.82, 2.24) is 0 Å². The van der Waals surface area contributed by atoms with Crippen molar-refractivity contribution in [1.29, 1.82) is 5.26 Å². The Morgan fingerprint density at radius 3 is 2.56 bits per heavy atom. The van der Waals surface area contributed by atoms with Gasteiger partial charge in [-0.05, 0) is 19.1 Å². The Morgan fingerprint density at radius 2 is 2.12 bits per heavy atom. The summed E-state index contributed by atoms with van der Waals surface area (Å²) in [7, 11) is 0. The number of ether oxygens (including phenoxy) is 1. The van der Waals surface area contributed by atoms with E-state index in [-0.39, 0.29) is 0 Å². The number of hydrogen-bond acceptors (Lipinski definition) is 3.